The topological polar surface area (TPSA) is 66.6 Å². The predicted molar refractivity (Wildman–Crippen MR) is 81.3 cm³/mol. The monoisotopic (exact) mass is 306 g/mol. The third-order valence-corrected chi connectivity index (χ3v) is 4.24. The van der Waals surface area contributed by atoms with E-state index < -0.39 is 0 Å². The number of amides is 1. The summed E-state index contributed by atoms with van der Waals surface area (Å²) in [6.07, 6.45) is 1.50. The Kier molecular flexibility index (Phi) is 5.41. The van der Waals surface area contributed by atoms with Gasteiger partial charge in [0, 0.05) is 29.3 Å². The van der Waals surface area contributed by atoms with Crippen LogP contribution in [0.4, 0.5) is 0 Å². The molecule has 0 fully saturated rings. The standard InChI is InChI=1S/C15H18N2O3S/c1-11(14-7-9-20-16-14)17(2)15(19)12-3-5-13(6-4-12)21-10-8-18/h3-7,9,11,18H,8,10H2,1-2H3. The molecule has 1 atom stereocenters. The highest BCUT2D eigenvalue weighted by atomic mass is 32.2. The Morgan fingerprint density at radius 1 is 1.38 bits per heavy atom. The van der Waals surface area contributed by atoms with Crippen LogP contribution in [0.15, 0.2) is 46.0 Å². The first-order chi connectivity index (χ1) is 10.1. The lowest BCUT2D eigenvalue weighted by molar-refractivity contribution is 0.0737. The number of hydrogen-bond donors (Lipinski definition) is 1. The second kappa shape index (κ2) is 7.28. The maximum Gasteiger partial charge on any atom is 0.254 e. The van der Waals surface area contributed by atoms with Gasteiger partial charge in [-0.1, -0.05) is 5.16 Å². The van der Waals surface area contributed by atoms with Gasteiger partial charge in [0.25, 0.3) is 5.91 Å². The van der Waals surface area contributed by atoms with E-state index in [2.05, 4.69) is 5.16 Å². The van der Waals surface area contributed by atoms with Crippen molar-refractivity contribution in [3.8, 4) is 0 Å². The molecule has 0 saturated carbocycles. The number of carbonyl (C=O) groups is 1. The van der Waals surface area contributed by atoms with Gasteiger partial charge in [0.15, 0.2) is 0 Å². The van der Waals surface area contributed by atoms with Crippen LogP contribution in [0, 0.1) is 0 Å². The van der Waals surface area contributed by atoms with E-state index in [-0.39, 0.29) is 18.6 Å². The minimum Gasteiger partial charge on any atom is -0.396 e. The smallest absolute Gasteiger partial charge is 0.254 e. The van der Waals surface area contributed by atoms with Crippen molar-refractivity contribution in [3.63, 3.8) is 0 Å². The summed E-state index contributed by atoms with van der Waals surface area (Å²) in [6, 6.07) is 8.98. The third kappa shape index (κ3) is 3.86. The molecule has 0 bridgehead atoms. The van der Waals surface area contributed by atoms with Crippen LogP contribution in [-0.4, -0.2) is 40.5 Å². The molecule has 0 aliphatic heterocycles. The number of aliphatic hydroxyl groups is 1. The van der Waals surface area contributed by atoms with Crippen LogP contribution >= 0.6 is 11.8 Å². The van der Waals surface area contributed by atoms with Gasteiger partial charge in [-0.15, -0.1) is 11.8 Å². The number of nitrogens with zero attached hydrogens (tertiary/aromatic N) is 2. The first-order valence-electron chi connectivity index (χ1n) is 6.64. The summed E-state index contributed by atoms with van der Waals surface area (Å²) >= 11 is 1.56. The van der Waals surface area contributed by atoms with Crippen LogP contribution in [0.3, 0.4) is 0 Å². The van der Waals surface area contributed by atoms with E-state index in [1.165, 1.54) is 6.26 Å². The molecule has 0 radical (unpaired) electrons. The highest BCUT2D eigenvalue weighted by Crippen LogP contribution is 2.21. The highest BCUT2D eigenvalue weighted by Gasteiger charge is 2.20. The van der Waals surface area contributed by atoms with Crippen molar-refractivity contribution in [1.29, 1.82) is 0 Å². The van der Waals surface area contributed by atoms with Gasteiger partial charge in [-0.3, -0.25) is 4.79 Å². The molecule has 2 aromatic rings. The van der Waals surface area contributed by atoms with Gasteiger partial charge in [-0.25, -0.2) is 0 Å². The molecule has 1 heterocycles. The second-order valence-electron chi connectivity index (χ2n) is 4.61. The van der Waals surface area contributed by atoms with Gasteiger partial charge >= 0.3 is 0 Å². The summed E-state index contributed by atoms with van der Waals surface area (Å²) < 4.78 is 4.81. The van der Waals surface area contributed by atoms with Crippen LogP contribution in [0.1, 0.15) is 29.0 Å². The predicted octanol–water partition coefficient (Wildman–Crippen LogP) is 2.59. The summed E-state index contributed by atoms with van der Waals surface area (Å²) in [4.78, 5) is 15.1. The zero-order valence-corrected chi connectivity index (χ0v) is 12.8. The Morgan fingerprint density at radius 3 is 2.67 bits per heavy atom. The molecule has 2 rings (SSSR count). The first kappa shape index (κ1) is 15.6. The fourth-order valence-electron chi connectivity index (χ4n) is 1.87. The van der Waals surface area contributed by atoms with Gasteiger partial charge in [0.1, 0.15) is 12.0 Å². The van der Waals surface area contributed by atoms with Crippen LogP contribution in [0.5, 0.6) is 0 Å². The molecule has 21 heavy (non-hydrogen) atoms. The average molecular weight is 306 g/mol. The van der Waals surface area contributed by atoms with Gasteiger partial charge in [-0.2, -0.15) is 0 Å². The molecule has 0 saturated heterocycles. The number of aliphatic hydroxyl groups excluding tert-OH is 1. The minimum atomic E-state index is -0.153. The van der Waals surface area contributed by atoms with E-state index in [1.807, 2.05) is 19.1 Å². The lowest BCUT2D eigenvalue weighted by atomic mass is 10.1. The normalized spacial score (nSPS) is 12.1. The van der Waals surface area contributed by atoms with Gasteiger partial charge < -0.3 is 14.5 Å². The number of hydrogen-bond acceptors (Lipinski definition) is 5. The summed E-state index contributed by atoms with van der Waals surface area (Å²) in [5.74, 6) is 0.584. The Balaban J connectivity index is 2.05. The second-order valence-corrected chi connectivity index (χ2v) is 5.78. The van der Waals surface area contributed by atoms with Crippen molar-refractivity contribution in [3.05, 3.63) is 47.9 Å². The molecule has 5 nitrogen and oxygen atoms in total. The first-order valence-corrected chi connectivity index (χ1v) is 7.63. The number of rotatable bonds is 6. The fraction of sp³-hybridized carbons (Fsp3) is 0.333. The fourth-order valence-corrected chi connectivity index (χ4v) is 2.53. The van der Waals surface area contributed by atoms with E-state index in [4.69, 9.17) is 9.63 Å². The van der Waals surface area contributed by atoms with Gasteiger partial charge in [0.2, 0.25) is 0 Å². The maximum atomic E-state index is 12.4. The molecule has 0 spiro atoms. The highest BCUT2D eigenvalue weighted by molar-refractivity contribution is 7.99. The molecule has 1 amide bonds. The Labute approximate surface area is 127 Å². The molecule has 1 aromatic heterocycles. The van der Waals surface area contributed by atoms with E-state index in [1.54, 1.807) is 41.9 Å². The third-order valence-electron chi connectivity index (χ3n) is 3.25. The van der Waals surface area contributed by atoms with E-state index >= 15 is 0 Å². The largest absolute Gasteiger partial charge is 0.396 e. The zero-order chi connectivity index (χ0) is 15.2. The van der Waals surface area contributed by atoms with Crippen molar-refractivity contribution < 1.29 is 14.4 Å². The number of aromatic nitrogens is 1. The molecule has 1 unspecified atom stereocenters. The van der Waals surface area contributed by atoms with E-state index in [0.717, 1.165) is 10.6 Å². The quantitative estimate of drug-likeness (QED) is 0.831. The molecule has 6 heteroatoms. The lowest BCUT2D eigenvalue weighted by Gasteiger charge is -2.23. The summed E-state index contributed by atoms with van der Waals surface area (Å²) in [5.41, 5.74) is 1.35. The van der Waals surface area contributed by atoms with Gasteiger partial charge in [0.05, 0.1) is 12.6 Å². The van der Waals surface area contributed by atoms with Crippen LogP contribution < -0.4 is 0 Å². The van der Waals surface area contributed by atoms with Crippen LogP contribution in [0.25, 0.3) is 0 Å². The molecule has 1 N–H and O–H groups in total. The molecule has 0 aliphatic carbocycles. The molecule has 1 aromatic carbocycles. The Bertz CT molecular complexity index is 569. The number of carbonyl (C=O) groups excluding carboxylic acids is 1. The van der Waals surface area contributed by atoms with Crippen LogP contribution in [-0.2, 0) is 0 Å². The number of thioether (sulfide) groups is 1. The van der Waals surface area contributed by atoms with Crippen molar-refractivity contribution in [2.75, 3.05) is 19.4 Å². The summed E-state index contributed by atoms with van der Waals surface area (Å²) in [5, 5.41) is 12.7. The number of benzene rings is 1. The Morgan fingerprint density at radius 2 is 2.10 bits per heavy atom. The van der Waals surface area contributed by atoms with Crippen molar-refractivity contribution in [2.24, 2.45) is 0 Å². The average Bonchev–Trinajstić information content (AvgIpc) is 3.05. The van der Waals surface area contributed by atoms with Crippen LogP contribution in [0.2, 0.25) is 0 Å². The lowest BCUT2D eigenvalue weighted by Crippen LogP contribution is -2.29. The van der Waals surface area contributed by atoms with Crippen molar-refractivity contribution >= 4 is 17.7 Å². The van der Waals surface area contributed by atoms with Gasteiger partial charge in [-0.05, 0) is 31.2 Å². The van der Waals surface area contributed by atoms with E-state index in [9.17, 15) is 4.79 Å². The zero-order valence-electron chi connectivity index (χ0n) is 12.0. The molecule has 112 valence electrons. The molecular weight excluding hydrogens is 288 g/mol. The van der Waals surface area contributed by atoms with Crippen molar-refractivity contribution in [1.82, 2.24) is 10.1 Å². The SMILES string of the molecule is CC(c1ccon1)N(C)C(=O)c1ccc(SCCO)cc1. The van der Waals surface area contributed by atoms with Crippen molar-refractivity contribution in [2.45, 2.75) is 17.9 Å². The Hall–Kier alpha value is -1.79. The summed E-state index contributed by atoms with van der Waals surface area (Å²) in [6.45, 7) is 2.05. The van der Waals surface area contributed by atoms with E-state index in [0.29, 0.717) is 11.3 Å². The minimum absolute atomic E-state index is 0.0655. The summed E-state index contributed by atoms with van der Waals surface area (Å²) in [7, 11) is 1.75. The maximum absolute atomic E-state index is 12.4. The molecule has 0 aliphatic rings. The molecular formula is C15H18N2O3S.